The summed E-state index contributed by atoms with van der Waals surface area (Å²) in [4.78, 5) is 44.7. The molecule has 3 atom stereocenters. The Hall–Kier alpha value is -1.05. The SMILES string of the molecule is Cn1c(=O)c2[nH]cnc2n(C)c1=O.O.[CH2-]C(CN=C([O-])C1CCC(C)(C(=O)[O-])C1(C)C)OC.[Hg+2].[Na+]. The van der Waals surface area contributed by atoms with Crippen LogP contribution in [0.25, 0.3) is 11.2 Å². The van der Waals surface area contributed by atoms with E-state index < -0.39 is 16.8 Å². The molecular weight excluding hydrogens is 658 g/mol. The molecule has 1 saturated carbocycles. The third-order valence-corrected chi connectivity index (χ3v) is 6.79. The van der Waals surface area contributed by atoms with E-state index in [0.29, 0.717) is 24.0 Å². The summed E-state index contributed by atoms with van der Waals surface area (Å²) in [5.41, 5.74) is -1.65. The monoisotopic (exact) mass is 691 g/mol. The standard InChI is InChI=1S/C14H24NO4.C7H8N4O2.Hg.Na.H2O/c1-9(19-5)8-15-11(16)10-6-7-14(4,12(17)18)13(10,2)3;1-10-5-4(8-3-9-5)6(12)11(2)7(10)13;;;/h9-10H,1,6-8H2,2-5H3,(H,15,16)(H,17,18);3H,1-2H3,(H,8,9);;;1H2/q-1;;+2;+1;/p-2. The van der Waals surface area contributed by atoms with Crippen LogP contribution in [0.15, 0.2) is 20.9 Å². The van der Waals surface area contributed by atoms with Crippen LogP contribution in [0.1, 0.15) is 33.6 Å². The van der Waals surface area contributed by atoms with Gasteiger partial charge in [0.05, 0.1) is 6.33 Å². The normalized spacial score (nSPS) is 21.6. The first-order chi connectivity index (χ1) is 14.8. The van der Waals surface area contributed by atoms with Gasteiger partial charge in [0.15, 0.2) is 5.65 Å². The number of H-pyrrole nitrogens is 1. The van der Waals surface area contributed by atoms with Gasteiger partial charge in [0.25, 0.3) is 5.56 Å². The Bertz CT molecular complexity index is 1140. The summed E-state index contributed by atoms with van der Waals surface area (Å²) in [7, 11) is 4.51. The average molecular weight is 690 g/mol. The molecule has 0 spiro atoms. The van der Waals surface area contributed by atoms with Crippen LogP contribution >= 0.6 is 0 Å². The summed E-state index contributed by atoms with van der Waals surface area (Å²) < 4.78 is 7.30. The number of carboxylic acids is 1. The smallest absolute Gasteiger partial charge is 0.862 e. The summed E-state index contributed by atoms with van der Waals surface area (Å²) in [5, 5.41) is 23.5. The number of aliphatic imine (C=N–C) groups is 1. The maximum Gasteiger partial charge on any atom is 2.00 e. The van der Waals surface area contributed by atoms with Gasteiger partial charge in [0.1, 0.15) is 5.52 Å². The minimum absolute atomic E-state index is 0. The van der Waals surface area contributed by atoms with E-state index in [1.54, 1.807) is 27.8 Å². The molecular formula is C21H32HgN5NaO7. The Morgan fingerprint density at radius 1 is 1.31 bits per heavy atom. The van der Waals surface area contributed by atoms with Gasteiger partial charge in [-0.1, -0.05) is 20.8 Å². The van der Waals surface area contributed by atoms with Crippen LogP contribution in [0.3, 0.4) is 0 Å². The van der Waals surface area contributed by atoms with E-state index in [1.807, 2.05) is 0 Å². The Balaban J connectivity index is 0. The van der Waals surface area contributed by atoms with Gasteiger partial charge >= 0.3 is 62.9 Å². The van der Waals surface area contributed by atoms with E-state index in [-0.39, 0.29) is 98.4 Å². The van der Waals surface area contributed by atoms with E-state index in [1.165, 1.54) is 25.1 Å². The fraction of sp³-hybridized carbons (Fsp3) is 0.619. The van der Waals surface area contributed by atoms with Gasteiger partial charge in [0.2, 0.25) is 0 Å². The van der Waals surface area contributed by atoms with Gasteiger partial charge in [-0.3, -0.25) is 13.9 Å². The number of hydrogen-bond acceptors (Lipinski definition) is 8. The van der Waals surface area contributed by atoms with E-state index >= 15 is 0 Å². The number of methoxy groups -OCH3 is 1. The third-order valence-electron chi connectivity index (χ3n) is 6.79. The van der Waals surface area contributed by atoms with E-state index in [4.69, 9.17) is 4.74 Å². The second-order valence-electron chi connectivity index (χ2n) is 8.78. The second kappa shape index (κ2) is 14.0. The van der Waals surface area contributed by atoms with Crippen LogP contribution in [0.2, 0.25) is 0 Å². The van der Waals surface area contributed by atoms with Crippen molar-refractivity contribution in [1.82, 2.24) is 19.1 Å². The van der Waals surface area contributed by atoms with Gasteiger partial charge in [-0.2, -0.15) is 0 Å². The van der Waals surface area contributed by atoms with Crippen molar-refractivity contribution in [3.63, 3.8) is 0 Å². The van der Waals surface area contributed by atoms with E-state index in [0.717, 1.165) is 4.57 Å². The number of carbonyl (C=O) groups excluding carboxylic acids is 1. The maximum absolute atomic E-state index is 12.1. The fourth-order valence-electron chi connectivity index (χ4n) is 3.94. The molecule has 3 N–H and O–H groups in total. The molecule has 2 aromatic heterocycles. The number of carbonyl (C=O) groups is 1. The molecule has 0 amide bonds. The molecule has 3 unspecified atom stereocenters. The number of carboxylic acid groups (broad SMARTS) is 1. The van der Waals surface area contributed by atoms with Crippen molar-refractivity contribution in [3.8, 4) is 0 Å². The number of rotatable bonds is 5. The van der Waals surface area contributed by atoms with Crippen molar-refractivity contribution in [1.29, 1.82) is 0 Å². The summed E-state index contributed by atoms with van der Waals surface area (Å²) in [6.45, 7) is 9.12. The van der Waals surface area contributed by atoms with Crippen molar-refractivity contribution in [3.05, 3.63) is 34.1 Å². The number of nitrogens with zero attached hydrogens (tertiary/aromatic N) is 4. The number of imidazole rings is 1. The molecule has 3 rings (SSSR count). The molecule has 186 valence electrons. The molecule has 1 aliphatic rings. The molecule has 0 bridgehead atoms. The number of ether oxygens (including phenoxy) is 1. The van der Waals surface area contributed by atoms with Crippen LogP contribution in [0.5, 0.6) is 0 Å². The fourth-order valence-corrected chi connectivity index (χ4v) is 3.94. The zero-order valence-electron chi connectivity index (χ0n) is 21.5. The summed E-state index contributed by atoms with van der Waals surface area (Å²) >= 11 is 0. The number of hydrogen-bond donors (Lipinski definition) is 1. The summed E-state index contributed by atoms with van der Waals surface area (Å²) in [6.07, 6.45) is 1.99. The predicted molar refractivity (Wildman–Crippen MR) is 118 cm³/mol. The van der Waals surface area contributed by atoms with Crippen LogP contribution < -0.4 is 51.0 Å². The number of aliphatic carboxylic acids is 1. The number of aromatic amines is 1. The number of aryl methyl sites for hydroxylation is 1. The van der Waals surface area contributed by atoms with Gasteiger partial charge in [-0.05, 0) is 36.2 Å². The first-order valence-electron chi connectivity index (χ1n) is 10.2. The number of aromatic nitrogens is 4. The molecule has 14 heteroatoms. The van der Waals surface area contributed by atoms with Crippen molar-refractivity contribution >= 4 is 23.0 Å². The van der Waals surface area contributed by atoms with Crippen molar-refractivity contribution < 1.29 is 82.4 Å². The molecule has 2 aromatic rings. The number of nitrogens with one attached hydrogen (secondary N) is 1. The molecule has 0 radical (unpaired) electrons. The Kier molecular flexibility index (Phi) is 14.5. The van der Waals surface area contributed by atoms with Crippen LogP contribution in [-0.2, 0) is 51.3 Å². The van der Waals surface area contributed by atoms with Gasteiger partial charge in [-0.15, -0.1) is 0 Å². The summed E-state index contributed by atoms with van der Waals surface area (Å²) in [5.74, 6) is -1.75. The first-order valence-corrected chi connectivity index (χ1v) is 10.2. The van der Waals surface area contributed by atoms with Crippen LogP contribution in [0, 0.1) is 23.7 Å². The van der Waals surface area contributed by atoms with Crippen LogP contribution in [-0.4, -0.2) is 56.2 Å². The topological polar surface area (TPSA) is 189 Å². The molecule has 1 aliphatic carbocycles. The molecule has 0 aromatic carbocycles. The van der Waals surface area contributed by atoms with Gasteiger partial charge < -0.3 is 42.1 Å². The molecule has 0 saturated heterocycles. The molecule has 12 nitrogen and oxygen atoms in total. The van der Waals surface area contributed by atoms with Crippen molar-refractivity contribution in [2.75, 3.05) is 13.7 Å². The van der Waals surface area contributed by atoms with Crippen LogP contribution in [0.4, 0.5) is 0 Å². The summed E-state index contributed by atoms with van der Waals surface area (Å²) in [6, 6.07) is 0. The van der Waals surface area contributed by atoms with Gasteiger partial charge in [0, 0.05) is 39.1 Å². The largest absolute Gasteiger partial charge is 2.00 e. The third kappa shape index (κ3) is 7.04. The molecule has 2 heterocycles. The van der Waals surface area contributed by atoms with Crippen molar-refractivity contribution in [2.24, 2.45) is 35.8 Å². The zero-order valence-corrected chi connectivity index (χ0v) is 29.0. The number of fused-ring (bicyclic) bond motifs is 1. The molecule has 35 heavy (non-hydrogen) atoms. The van der Waals surface area contributed by atoms with E-state index in [2.05, 4.69) is 21.9 Å². The van der Waals surface area contributed by atoms with Gasteiger partial charge in [-0.25, -0.2) is 9.78 Å². The minimum atomic E-state index is -1.10. The predicted octanol–water partition coefficient (Wildman–Crippen LogP) is -5.08. The molecule has 0 aliphatic heterocycles. The Morgan fingerprint density at radius 2 is 1.89 bits per heavy atom. The van der Waals surface area contributed by atoms with Crippen molar-refractivity contribution in [2.45, 2.75) is 39.7 Å². The molecule has 1 fully saturated rings. The Morgan fingerprint density at radius 3 is 2.37 bits per heavy atom. The quantitative estimate of drug-likeness (QED) is 0.141. The minimum Gasteiger partial charge on any atom is -0.862 e. The average Bonchev–Trinajstić information content (AvgIpc) is 3.33. The van der Waals surface area contributed by atoms with E-state index in [9.17, 15) is 24.6 Å². The maximum atomic E-state index is 12.1. The second-order valence-corrected chi connectivity index (χ2v) is 8.78. The first kappa shape index (κ1) is 36.1. The zero-order chi connectivity index (χ0) is 24.4. The Labute approximate surface area is 246 Å².